The number of ketones is 1. The van der Waals surface area contributed by atoms with Gasteiger partial charge in [0.1, 0.15) is 0 Å². The number of Topliss-reactive ketones (excluding diaryl/α,β-unsaturated/α-hetero) is 1. The summed E-state index contributed by atoms with van der Waals surface area (Å²) < 4.78 is 0. The maximum atomic E-state index is 13.6. The zero-order valence-corrected chi connectivity index (χ0v) is 28.6. The van der Waals surface area contributed by atoms with Gasteiger partial charge in [0, 0.05) is 39.6 Å². The Morgan fingerprint density at radius 3 is 1.60 bits per heavy atom. The summed E-state index contributed by atoms with van der Waals surface area (Å²) in [4.78, 5) is 33.5. The van der Waals surface area contributed by atoms with Crippen LogP contribution < -0.4 is 0 Å². The first kappa shape index (κ1) is 32.0. The largest absolute Gasteiger partial charge is 0.395 e. The number of aromatic nitrogens is 4. The highest BCUT2D eigenvalue weighted by Crippen LogP contribution is 2.42. The van der Waals surface area contributed by atoms with Crippen molar-refractivity contribution in [2.45, 2.75) is 5.92 Å². The Hall–Kier alpha value is -6.89. The minimum atomic E-state index is -0.578. The number of carbonyl (C=O) groups excluding carboxylic acids is 1. The number of benzene rings is 6. The van der Waals surface area contributed by atoms with E-state index in [9.17, 15) is 9.90 Å². The number of pyridine rings is 1. The number of aliphatic hydroxyl groups is 1. The second kappa shape index (κ2) is 13.7. The standard InChI is InChI=1S/C47H32N4O2/c52-29-42-39-19-11-10-18-38(39)41-27-33(20-22-40(41)44(42)53)35-24-36(43-23-21-34(28-48-43)30-12-4-1-5-13-30)26-37(25-35)47-50-45(31-14-6-2-7-15-31)49-46(51-47)32-16-8-3-9-17-32/h1-28,42,52H,29H2. The minimum absolute atomic E-state index is 0.0723. The van der Waals surface area contributed by atoms with Crippen molar-refractivity contribution in [1.82, 2.24) is 19.9 Å². The predicted octanol–water partition coefficient (Wildman–Crippen LogP) is 10.2. The van der Waals surface area contributed by atoms with Crippen LogP contribution in [0, 0.1) is 0 Å². The van der Waals surface area contributed by atoms with E-state index in [1.807, 2.05) is 128 Å². The van der Waals surface area contributed by atoms with E-state index in [4.69, 9.17) is 19.9 Å². The van der Waals surface area contributed by atoms with Gasteiger partial charge < -0.3 is 5.11 Å². The van der Waals surface area contributed by atoms with Gasteiger partial charge in [-0.05, 0) is 63.7 Å². The molecule has 0 radical (unpaired) electrons. The zero-order valence-electron chi connectivity index (χ0n) is 28.6. The van der Waals surface area contributed by atoms with Gasteiger partial charge in [0.15, 0.2) is 23.3 Å². The molecule has 1 unspecified atom stereocenters. The lowest BCUT2D eigenvalue weighted by Crippen LogP contribution is -2.22. The molecule has 0 saturated carbocycles. The van der Waals surface area contributed by atoms with Crippen LogP contribution in [0.1, 0.15) is 21.8 Å². The molecule has 2 aromatic heterocycles. The van der Waals surface area contributed by atoms with Gasteiger partial charge in [-0.3, -0.25) is 9.78 Å². The third kappa shape index (κ3) is 6.11. The average molecular weight is 685 g/mol. The molecule has 1 atom stereocenters. The molecule has 0 fully saturated rings. The third-order valence-corrected chi connectivity index (χ3v) is 9.80. The first-order valence-electron chi connectivity index (χ1n) is 17.6. The molecule has 2 heterocycles. The van der Waals surface area contributed by atoms with Crippen molar-refractivity contribution in [2.24, 2.45) is 0 Å². The molecule has 1 aliphatic rings. The Kier molecular flexibility index (Phi) is 8.27. The fourth-order valence-corrected chi connectivity index (χ4v) is 7.09. The summed E-state index contributed by atoms with van der Waals surface area (Å²) in [6.07, 6.45) is 1.90. The fraction of sp³-hybridized carbons (Fsp3) is 0.0426. The van der Waals surface area contributed by atoms with Crippen molar-refractivity contribution in [1.29, 1.82) is 0 Å². The summed E-state index contributed by atoms with van der Waals surface area (Å²) in [6, 6.07) is 54.3. The van der Waals surface area contributed by atoms with Gasteiger partial charge in [-0.25, -0.2) is 15.0 Å². The van der Waals surface area contributed by atoms with Crippen LogP contribution in [0.3, 0.4) is 0 Å². The van der Waals surface area contributed by atoms with E-state index in [0.29, 0.717) is 23.0 Å². The van der Waals surface area contributed by atoms with Crippen LogP contribution in [0.15, 0.2) is 170 Å². The highest BCUT2D eigenvalue weighted by atomic mass is 16.3. The summed E-state index contributed by atoms with van der Waals surface area (Å²) in [7, 11) is 0. The highest BCUT2D eigenvalue weighted by Gasteiger charge is 2.31. The van der Waals surface area contributed by atoms with Crippen molar-refractivity contribution in [3.05, 3.63) is 181 Å². The normalized spacial score (nSPS) is 13.3. The fourth-order valence-electron chi connectivity index (χ4n) is 7.09. The Balaban J connectivity index is 1.23. The number of rotatable bonds is 7. The SMILES string of the molecule is O=C1c2ccc(-c3cc(-c4ccc(-c5ccccc5)cn4)cc(-c4nc(-c5ccccc5)nc(-c5ccccc5)n4)c3)cc2-c2ccccc2C1CO. The van der Waals surface area contributed by atoms with Crippen LogP contribution in [0.4, 0.5) is 0 Å². The maximum absolute atomic E-state index is 13.6. The first-order chi connectivity index (χ1) is 26.1. The molecule has 0 amide bonds. The molecule has 0 saturated heterocycles. The van der Waals surface area contributed by atoms with Crippen molar-refractivity contribution in [3.63, 3.8) is 0 Å². The number of hydrogen-bond acceptors (Lipinski definition) is 6. The lowest BCUT2D eigenvalue weighted by atomic mass is 9.77. The van der Waals surface area contributed by atoms with Gasteiger partial charge in [-0.2, -0.15) is 0 Å². The topological polar surface area (TPSA) is 88.9 Å². The Morgan fingerprint density at radius 2 is 0.981 bits per heavy atom. The van der Waals surface area contributed by atoms with Crippen molar-refractivity contribution in [3.8, 4) is 78.8 Å². The summed E-state index contributed by atoms with van der Waals surface area (Å²) in [5.74, 6) is 1.04. The second-order valence-corrected chi connectivity index (χ2v) is 13.1. The Labute approximate surface area is 307 Å². The maximum Gasteiger partial charge on any atom is 0.173 e. The summed E-state index contributed by atoms with van der Waals surface area (Å²) in [6.45, 7) is -0.236. The monoisotopic (exact) mass is 684 g/mol. The second-order valence-electron chi connectivity index (χ2n) is 13.1. The molecular formula is C47H32N4O2. The molecule has 0 bridgehead atoms. The van der Waals surface area contributed by atoms with Gasteiger partial charge in [-0.1, -0.05) is 133 Å². The summed E-state index contributed by atoms with van der Waals surface area (Å²) in [5.41, 5.74) is 11.5. The molecule has 53 heavy (non-hydrogen) atoms. The number of fused-ring (bicyclic) bond motifs is 3. The zero-order chi connectivity index (χ0) is 35.7. The van der Waals surface area contributed by atoms with Crippen LogP contribution in [0.25, 0.3) is 78.8 Å². The summed E-state index contributed by atoms with van der Waals surface area (Å²) in [5, 5.41) is 10.2. The van der Waals surface area contributed by atoms with Crippen LogP contribution in [0.2, 0.25) is 0 Å². The molecule has 1 N–H and O–H groups in total. The Bertz CT molecular complexity index is 2550. The van der Waals surface area contributed by atoms with Crippen LogP contribution in [-0.2, 0) is 0 Å². The lowest BCUT2D eigenvalue weighted by Gasteiger charge is -2.26. The number of aliphatic hydroxyl groups excluding tert-OH is 1. The molecule has 252 valence electrons. The van der Waals surface area contributed by atoms with E-state index in [0.717, 1.165) is 66.9 Å². The molecule has 1 aliphatic carbocycles. The van der Waals surface area contributed by atoms with Gasteiger partial charge in [0.05, 0.1) is 18.2 Å². The van der Waals surface area contributed by atoms with E-state index in [2.05, 4.69) is 42.5 Å². The lowest BCUT2D eigenvalue weighted by molar-refractivity contribution is 0.0920. The molecule has 6 aromatic carbocycles. The van der Waals surface area contributed by atoms with Crippen LogP contribution >= 0.6 is 0 Å². The van der Waals surface area contributed by atoms with Crippen LogP contribution in [0.5, 0.6) is 0 Å². The van der Waals surface area contributed by atoms with Gasteiger partial charge >= 0.3 is 0 Å². The van der Waals surface area contributed by atoms with E-state index in [1.165, 1.54) is 0 Å². The Morgan fingerprint density at radius 1 is 0.434 bits per heavy atom. The van der Waals surface area contributed by atoms with E-state index < -0.39 is 5.92 Å². The minimum Gasteiger partial charge on any atom is -0.395 e. The molecule has 8 aromatic rings. The highest BCUT2D eigenvalue weighted by molar-refractivity contribution is 6.11. The van der Waals surface area contributed by atoms with Gasteiger partial charge in [0.25, 0.3) is 0 Å². The van der Waals surface area contributed by atoms with E-state index in [1.54, 1.807) is 0 Å². The van der Waals surface area contributed by atoms with Gasteiger partial charge in [0.2, 0.25) is 0 Å². The predicted molar refractivity (Wildman–Crippen MR) is 210 cm³/mol. The number of nitrogens with zero attached hydrogens (tertiary/aromatic N) is 4. The van der Waals surface area contributed by atoms with E-state index in [-0.39, 0.29) is 12.4 Å². The molecule has 0 spiro atoms. The molecule has 9 rings (SSSR count). The smallest absolute Gasteiger partial charge is 0.173 e. The number of hydrogen-bond donors (Lipinski definition) is 1. The first-order valence-corrected chi connectivity index (χ1v) is 17.6. The third-order valence-electron chi connectivity index (χ3n) is 9.80. The number of carbonyl (C=O) groups is 1. The average Bonchev–Trinajstić information content (AvgIpc) is 3.24. The van der Waals surface area contributed by atoms with Crippen molar-refractivity contribution >= 4 is 5.78 Å². The quantitative estimate of drug-likeness (QED) is 0.180. The molecular weight excluding hydrogens is 653 g/mol. The van der Waals surface area contributed by atoms with Crippen LogP contribution in [-0.4, -0.2) is 37.4 Å². The molecule has 6 nitrogen and oxygen atoms in total. The molecule has 0 aliphatic heterocycles. The van der Waals surface area contributed by atoms with Gasteiger partial charge in [-0.15, -0.1) is 0 Å². The molecule has 6 heteroatoms. The van der Waals surface area contributed by atoms with E-state index >= 15 is 0 Å². The van der Waals surface area contributed by atoms with Crippen molar-refractivity contribution in [2.75, 3.05) is 6.61 Å². The van der Waals surface area contributed by atoms with Crippen molar-refractivity contribution < 1.29 is 9.90 Å². The summed E-state index contributed by atoms with van der Waals surface area (Å²) >= 11 is 0.